The Balaban J connectivity index is 1.82. The van der Waals surface area contributed by atoms with Crippen LogP contribution in [0.3, 0.4) is 0 Å². The number of ether oxygens (including phenoxy) is 3. The molecule has 3 rings (SSSR count). The molecule has 10 heteroatoms. The maximum Gasteiger partial charge on any atom is 0.348 e. The van der Waals surface area contributed by atoms with Gasteiger partial charge in [-0.05, 0) is 31.5 Å². The number of anilines is 1. The number of hydrogen-bond donors (Lipinski definition) is 1. The molecule has 0 radical (unpaired) electrons. The van der Waals surface area contributed by atoms with Gasteiger partial charge in [0.1, 0.15) is 15.7 Å². The van der Waals surface area contributed by atoms with Crippen LogP contribution < -0.4 is 10.1 Å². The molecule has 3 aromatic rings. The number of rotatable bonds is 6. The minimum atomic E-state index is -0.674. The van der Waals surface area contributed by atoms with Gasteiger partial charge < -0.3 is 19.5 Å². The molecule has 0 saturated carbocycles. The average Bonchev–Trinajstić information content (AvgIpc) is 3.06. The number of aryl methyl sites for hydroxylation is 1. The van der Waals surface area contributed by atoms with Crippen molar-refractivity contribution in [3.05, 3.63) is 46.1 Å². The van der Waals surface area contributed by atoms with Gasteiger partial charge in [-0.2, -0.15) is 4.98 Å². The second kappa shape index (κ2) is 8.87. The SMILES string of the molecule is COC(=O)c1sc(NC(=O)COc2nc(C)nc3ccccc23)c(C(=O)OC)c1C. The summed E-state index contributed by atoms with van der Waals surface area (Å²) >= 11 is 0.929. The van der Waals surface area contributed by atoms with Crippen LogP contribution in [0.4, 0.5) is 5.00 Å². The summed E-state index contributed by atoms with van der Waals surface area (Å²) in [6, 6.07) is 7.28. The smallest absolute Gasteiger partial charge is 0.348 e. The minimum Gasteiger partial charge on any atom is -0.467 e. The molecule has 1 N–H and O–H groups in total. The number of methoxy groups -OCH3 is 2. The van der Waals surface area contributed by atoms with Gasteiger partial charge in [-0.15, -0.1) is 11.3 Å². The Hall–Kier alpha value is -3.53. The van der Waals surface area contributed by atoms with E-state index in [-0.39, 0.29) is 27.9 Å². The Morgan fingerprint density at radius 3 is 2.43 bits per heavy atom. The number of carbonyl (C=O) groups excluding carboxylic acids is 3. The molecule has 30 heavy (non-hydrogen) atoms. The quantitative estimate of drug-likeness (QED) is 0.595. The number of para-hydroxylation sites is 1. The Morgan fingerprint density at radius 1 is 1.03 bits per heavy atom. The van der Waals surface area contributed by atoms with Crippen LogP contribution in [0.1, 0.15) is 31.4 Å². The number of benzene rings is 1. The zero-order valence-corrected chi connectivity index (χ0v) is 17.6. The van der Waals surface area contributed by atoms with Crippen molar-refractivity contribution >= 4 is 45.1 Å². The van der Waals surface area contributed by atoms with E-state index < -0.39 is 17.8 Å². The first-order valence-corrected chi connectivity index (χ1v) is 9.63. The van der Waals surface area contributed by atoms with E-state index in [1.165, 1.54) is 14.2 Å². The van der Waals surface area contributed by atoms with E-state index in [0.717, 1.165) is 11.3 Å². The fraction of sp³-hybridized carbons (Fsp3) is 0.250. The van der Waals surface area contributed by atoms with Gasteiger partial charge in [0.25, 0.3) is 5.91 Å². The fourth-order valence-corrected chi connectivity index (χ4v) is 3.93. The maximum absolute atomic E-state index is 12.5. The lowest BCUT2D eigenvalue weighted by molar-refractivity contribution is -0.118. The van der Waals surface area contributed by atoms with E-state index in [2.05, 4.69) is 15.3 Å². The number of nitrogens with zero attached hydrogens (tertiary/aromatic N) is 2. The molecule has 156 valence electrons. The van der Waals surface area contributed by atoms with E-state index >= 15 is 0 Å². The molecule has 2 heterocycles. The number of esters is 2. The summed E-state index contributed by atoms with van der Waals surface area (Å²) in [4.78, 5) is 45.4. The van der Waals surface area contributed by atoms with Gasteiger partial charge in [0.2, 0.25) is 5.88 Å². The number of thiophene rings is 1. The average molecular weight is 429 g/mol. The van der Waals surface area contributed by atoms with Crippen LogP contribution in [0.15, 0.2) is 24.3 Å². The number of fused-ring (bicyclic) bond motifs is 1. The lowest BCUT2D eigenvalue weighted by Crippen LogP contribution is -2.21. The molecule has 1 aromatic carbocycles. The lowest BCUT2D eigenvalue weighted by Gasteiger charge is -2.09. The summed E-state index contributed by atoms with van der Waals surface area (Å²) < 4.78 is 15.1. The van der Waals surface area contributed by atoms with E-state index in [0.29, 0.717) is 22.3 Å². The summed E-state index contributed by atoms with van der Waals surface area (Å²) in [5.74, 6) is -1.03. The van der Waals surface area contributed by atoms with Crippen molar-refractivity contribution in [2.75, 3.05) is 26.1 Å². The van der Waals surface area contributed by atoms with Gasteiger partial charge in [-0.3, -0.25) is 4.79 Å². The highest BCUT2D eigenvalue weighted by atomic mass is 32.1. The van der Waals surface area contributed by atoms with Crippen LogP contribution in [-0.2, 0) is 14.3 Å². The van der Waals surface area contributed by atoms with Crippen molar-refractivity contribution < 1.29 is 28.6 Å². The monoisotopic (exact) mass is 429 g/mol. The van der Waals surface area contributed by atoms with Gasteiger partial charge in [0, 0.05) is 0 Å². The molecular formula is C20H19N3O6S. The molecule has 0 atom stereocenters. The topological polar surface area (TPSA) is 117 Å². The first kappa shape index (κ1) is 21.2. The number of aromatic nitrogens is 2. The van der Waals surface area contributed by atoms with Crippen molar-refractivity contribution in [3.8, 4) is 5.88 Å². The predicted molar refractivity (Wildman–Crippen MR) is 110 cm³/mol. The highest BCUT2D eigenvalue weighted by Crippen LogP contribution is 2.34. The van der Waals surface area contributed by atoms with Crippen molar-refractivity contribution in [1.29, 1.82) is 0 Å². The molecule has 0 spiro atoms. The number of amides is 1. The standard InChI is InChI=1S/C20H19N3O6S/c1-10-15(19(25)27-3)18(30-16(10)20(26)28-4)23-14(24)9-29-17-12-7-5-6-8-13(12)21-11(2)22-17/h5-8H,9H2,1-4H3,(H,23,24). The third-order valence-electron chi connectivity index (χ3n) is 4.18. The summed E-state index contributed by atoms with van der Waals surface area (Å²) in [7, 11) is 2.45. The summed E-state index contributed by atoms with van der Waals surface area (Å²) in [6.45, 7) is 2.95. The summed E-state index contributed by atoms with van der Waals surface area (Å²) in [6.07, 6.45) is 0. The van der Waals surface area contributed by atoms with Gasteiger partial charge in [-0.25, -0.2) is 14.6 Å². The van der Waals surface area contributed by atoms with Gasteiger partial charge in [0.05, 0.1) is 30.7 Å². The fourth-order valence-electron chi connectivity index (χ4n) is 2.80. The molecule has 0 aliphatic heterocycles. The van der Waals surface area contributed by atoms with E-state index in [1.54, 1.807) is 19.9 Å². The molecule has 0 aliphatic carbocycles. The molecule has 0 saturated heterocycles. The largest absolute Gasteiger partial charge is 0.467 e. The molecule has 1 amide bonds. The Labute approximate surface area is 176 Å². The van der Waals surface area contributed by atoms with Crippen molar-refractivity contribution in [3.63, 3.8) is 0 Å². The van der Waals surface area contributed by atoms with Crippen LogP contribution in [0.2, 0.25) is 0 Å². The third kappa shape index (κ3) is 4.23. The first-order valence-electron chi connectivity index (χ1n) is 8.81. The summed E-state index contributed by atoms with van der Waals surface area (Å²) in [5.41, 5.74) is 1.16. The van der Waals surface area contributed by atoms with Gasteiger partial charge in [-0.1, -0.05) is 12.1 Å². The number of nitrogens with one attached hydrogen (secondary N) is 1. The second-order valence-electron chi connectivity index (χ2n) is 6.17. The summed E-state index contributed by atoms with van der Waals surface area (Å²) in [5, 5.41) is 3.45. The molecule has 0 aliphatic rings. The van der Waals surface area contributed by atoms with Crippen LogP contribution in [0.5, 0.6) is 5.88 Å². The van der Waals surface area contributed by atoms with Gasteiger partial charge in [0.15, 0.2) is 6.61 Å². The molecular weight excluding hydrogens is 410 g/mol. The van der Waals surface area contributed by atoms with Crippen molar-refractivity contribution in [2.45, 2.75) is 13.8 Å². The number of carbonyl (C=O) groups is 3. The van der Waals surface area contributed by atoms with E-state index in [4.69, 9.17) is 14.2 Å². The van der Waals surface area contributed by atoms with E-state index in [9.17, 15) is 14.4 Å². The zero-order valence-electron chi connectivity index (χ0n) is 16.8. The molecule has 0 unspecified atom stereocenters. The Kier molecular flexibility index (Phi) is 6.26. The Morgan fingerprint density at radius 2 is 1.73 bits per heavy atom. The molecule has 0 fully saturated rings. The normalized spacial score (nSPS) is 10.5. The number of hydrogen-bond acceptors (Lipinski definition) is 9. The second-order valence-corrected chi connectivity index (χ2v) is 7.19. The third-order valence-corrected chi connectivity index (χ3v) is 5.37. The lowest BCUT2D eigenvalue weighted by atomic mass is 10.1. The van der Waals surface area contributed by atoms with Crippen LogP contribution >= 0.6 is 11.3 Å². The van der Waals surface area contributed by atoms with Crippen LogP contribution in [0.25, 0.3) is 10.9 Å². The van der Waals surface area contributed by atoms with Crippen LogP contribution in [0, 0.1) is 13.8 Å². The minimum absolute atomic E-state index is 0.0968. The maximum atomic E-state index is 12.5. The molecule has 0 bridgehead atoms. The van der Waals surface area contributed by atoms with Crippen molar-refractivity contribution in [1.82, 2.24) is 9.97 Å². The highest BCUT2D eigenvalue weighted by Gasteiger charge is 2.26. The first-order chi connectivity index (χ1) is 14.3. The van der Waals surface area contributed by atoms with Crippen LogP contribution in [-0.4, -0.2) is 48.6 Å². The van der Waals surface area contributed by atoms with E-state index in [1.807, 2.05) is 18.2 Å². The highest BCUT2D eigenvalue weighted by molar-refractivity contribution is 7.18. The zero-order chi connectivity index (χ0) is 21.8. The van der Waals surface area contributed by atoms with Crippen molar-refractivity contribution in [2.24, 2.45) is 0 Å². The van der Waals surface area contributed by atoms with Gasteiger partial charge >= 0.3 is 11.9 Å². The predicted octanol–water partition coefficient (Wildman–Crippen LogP) is 2.90. The Bertz CT molecular complexity index is 1140. The molecule has 2 aromatic heterocycles. The molecule has 9 nitrogen and oxygen atoms in total.